The number of halogens is 2. The van der Waals surface area contributed by atoms with Crippen molar-refractivity contribution in [3.05, 3.63) is 51.7 Å². The molecule has 1 aromatic heterocycles. The standard InChI is InChI=1S/C13H11Cl2NO3/c1-2-18-12(17)11-10(16-13(15)19-11)7-8-3-5-9(14)6-4-8/h3-6H,2,7H2,1H3. The summed E-state index contributed by atoms with van der Waals surface area (Å²) < 4.78 is 9.96. The van der Waals surface area contributed by atoms with Crippen molar-refractivity contribution in [2.24, 2.45) is 0 Å². The number of nitrogens with zero attached hydrogens (tertiary/aromatic N) is 1. The molecule has 1 heterocycles. The Hall–Kier alpha value is -1.52. The van der Waals surface area contributed by atoms with Gasteiger partial charge >= 0.3 is 5.97 Å². The summed E-state index contributed by atoms with van der Waals surface area (Å²) in [4.78, 5) is 15.7. The first-order valence-corrected chi connectivity index (χ1v) is 6.42. The lowest BCUT2D eigenvalue weighted by molar-refractivity contribution is 0.0488. The molecule has 0 spiro atoms. The number of aromatic nitrogens is 1. The van der Waals surface area contributed by atoms with E-state index in [0.717, 1.165) is 5.56 Å². The number of carbonyl (C=O) groups is 1. The van der Waals surface area contributed by atoms with Crippen LogP contribution in [0, 0.1) is 0 Å². The molecule has 6 heteroatoms. The Balaban J connectivity index is 2.24. The highest BCUT2D eigenvalue weighted by Crippen LogP contribution is 2.20. The van der Waals surface area contributed by atoms with Gasteiger partial charge in [0, 0.05) is 11.4 Å². The smallest absolute Gasteiger partial charge is 0.376 e. The number of benzene rings is 1. The lowest BCUT2D eigenvalue weighted by Gasteiger charge is -2.01. The normalized spacial score (nSPS) is 10.5. The zero-order valence-electron chi connectivity index (χ0n) is 10.2. The molecule has 100 valence electrons. The maximum absolute atomic E-state index is 11.7. The van der Waals surface area contributed by atoms with E-state index in [1.165, 1.54) is 0 Å². The number of oxazole rings is 1. The lowest BCUT2D eigenvalue weighted by Crippen LogP contribution is -2.07. The number of ether oxygens (including phenoxy) is 1. The largest absolute Gasteiger partial charge is 0.460 e. The minimum atomic E-state index is -0.564. The summed E-state index contributed by atoms with van der Waals surface area (Å²) in [6.07, 6.45) is 0.418. The Bertz CT molecular complexity index is 578. The average Bonchev–Trinajstić information content (AvgIpc) is 2.74. The van der Waals surface area contributed by atoms with E-state index in [1.54, 1.807) is 19.1 Å². The predicted molar refractivity (Wildman–Crippen MR) is 71.7 cm³/mol. The Morgan fingerprint density at radius 1 is 1.32 bits per heavy atom. The third-order valence-corrected chi connectivity index (χ3v) is 2.83. The van der Waals surface area contributed by atoms with Crippen LogP contribution in [0.25, 0.3) is 0 Å². The van der Waals surface area contributed by atoms with Gasteiger partial charge in [0.15, 0.2) is 0 Å². The van der Waals surface area contributed by atoms with Gasteiger partial charge in [0.25, 0.3) is 5.35 Å². The SMILES string of the molecule is CCOC(=O)c1oc(Cl)nc1Cc1ccc(Cl)cc1. The van der Waals surface area contributed by atoms with E-state index in [0.29, 0.717) is 17.1 Å². The van der Waals surface area contributed by atoms with Gasteiger partial charge in [-0.25, -0.2) is 9.78 Å². The highest BCUT2D eigenvalue weighted by Gasteiger charge is 2.20. The molecular formula is C13H11Cl2NO3. The Labute approximate surface area is 120 Å². The van der Waals surface area contributed by atoms with Gasteiger partial charge in [0.2, 0.25) is 5.76 Å². The summed E-state index contributed by atoms with van der Waals surface area (Å²) in [5, 5.41) is 0.569. The molecule has 0 aliphatic heterocycles. The van der Waals surface area contributed by atoms with Crippen LogP contribution in [0.4, 0.5) is 0 Å². The number of hydrogen-bond donors (Lipinski definition) is 0. The van der Waals surface area contributed by atoms with E-state index >= 15 is 0 Å². The summed E-state index contributed by atoms with van der Waals surface area (Å²) in [6, 6.07) is 7.23. The van der Waals surface area contributed by atoms with Crippen LogP contribution in [0.2, 0.25) is 10.4 Å². The van der Waals surface area contributed by atoms with Crippen LogP contribution in [0.1, 0.15) is 28.7 Å². The number of hydrogen-bond acceptors (Lipinski definition) is 4. The number of rotatable bonds is 4. The van der Waals surface area contributed by atoms with Crippen LogP contribution in [0.15, 0.2) is 28.7 Å². The van der Waals surface area contributed by atoms with Crippen LogP contribution in [0.5, 0.6) is 0 Å². The second-order valence-electron chi connectivity index (χ2n) is 3.77. The van der Waals surface area contributed by atoms with Crippen LogP contribution in [-0.4, -0.2) is 17.6 Å². The third-order valence-electron chi connectivity index (χ3n) is 2.42. The molecule has 0 unspecified atom stereocenters. The molecule has 19 heavy (non-hydrogen) atoms. The monoisotopic (exact) mass is 299 g/mol. The molecule has 1 aromatic carbocycles. The fourth-order valence-corrected chi connectivity index (χ4v) is 1.90. The number of carbonyl (C=O) groups excluding carboxylic acids is 1. The summed E-state index contributed by atoms with van der Waals surface area (Å²) in [5.74, 6) is -0.521. The van der Waals surface area contributed by atoms with E-state index in [4.69, 9.17) is 32.4 Å². The van der Waals surface area contributed by atoms with Gasteiger partial charge in [-0.15, -0.1) is 0 Å². The molecule has 0 aliphatic carbocycles. The third kappa shape index (κ3) is 3.49. The van der Waals surface area contributed by atoms with E-state index in [-0.39, 0.29) is 17.7 Å². The van der Waals surface area contributed by atoms with E-state index < -0.39 is 5.97 Å². The van der Waals surface area contributed by atoms with Crippen molar-refractivity contribution in [2.75, 3.05) is 6.61 Å². The summed E-state index contributed by atoms with van der Waals surface area (Å²) in [7, 11) is 0. The first kappa shape index (κ1) is 13.9. The van der Waals surface area contributed by atoms with Gasteiger partial charge in [-0.3, -0.25) is 0 Å². The van der Waals surface area contributed by atoms with Crippen molar-refractivity contribution in [1.82, 2.24) is 4.98 Å². The molecule has 4 nitrogen and oxygen atoms in total. The fraction of sp³-hybridized carbons (Fsp3) is 0.231. The molecule has 0 amide bonds. The summed E-state index contributed by atoms with van der Waals surface area (Å²) in [6.45, 7) is 1.98. The zero-order chi connectivity index (χ0) is 13.8. The van der Waals surface area contributed by atoms with Crippen LogP contribution < -0.4 is 0 Å². The van der Waals surface area contributed by atoms with Crippen molar-refractivity contribution >= 4 is 29.2 Å². The van der Waals surface area contributed by atoms with E-state index in [9.17, 15) is 4.79 Å². The van der Waals surface area contributed by atoms with Gasteiger partial charge in [-0.1, -0.05) is 23.7 Å². The molecule has 0 radical (unpaired) electrons. The number of esters is 1. The first-order chi connectivity index (χ1) is 9.10. The molecule has 2 aromatic rings. The lowest BCUT2D eigenvalue weighted by atomic mass is 10.1. The second kappa shape index (κ2) is 6.08. The highest BCUT2D eigenvalue weighted by molar-refractivity contribution is 6.30. The van der Waals surface area contributed by atoms with E-state index in [2.05, 4.69) is 4.98 Å². The van der Waals surface area contributed by atoms with Gasteiger partial charge < -0.3 is 9.15 Å². The van der Waals surface area contributed by atoms with Crippen LogP contribution in [-0.2, 0) is 11.2 Å². The highest BCUT2D eigenvalue weighted by atomic mass is 35.5. The summed E-state index contributed by atoms with van der Waals surface area (Å²) in [5.41, 5.74) is 1.39. The van der Waals surface area contributed by atoms with Gasteiger partial charge in [-0.05, 0) is 36.2 Å². The molecule has 0 aliphatic rings. The molecule has 0 saturated heterocycles. The van der Waals surface area contributed by atoms with Crippen LogP contribution >= 0.6 is 23.2 Å². The minimum Gasteiger partial charge on any atom is -0.460 e. The molecule has 2 rings (SSSR count). The van der Waals surface area contributed by atoms with Crippen molar-refractivity contribution in [1.29, 1.82) is 0 Å². The summed E-state index contributed by atoms with van der Waals surface area (Å²) >= 11 is 11.5. The van der Waals surface area contributed by atoms with Crippen molar-refractivity contribution in [2.45, 2.75) is 13.3 Å². The van der Waals surface area contributed by atoms with Crippen molar-refractivity contribution < 1.29 is 13.9 Å². The molecule has 0 N–H and O–H groups in total. The maximum Gasteiger partial charge on any atom is 0.376 e. The second-order valence-corrected chi connectivity index (χ2v) is 4.53. The molecule has 0 atom stereocenters. The van der Waals surface area contributed by atoms with Gasteiger partial charge in [-0.2, -0.15) is 0 Å². The zero-order valence-corrected chi connectivity index (χ0v) is 11.7. The average molecular weight is 300 g/mol. The first-order valence-electron chi connectivity index (χ1n) is 5.67. The Morgan fingerprint density at radius 2 is 2.00 bits per heavy atom. The van der Waals surface area contributed by atoms with Gasteiger partial charge in [0.1, 0.15) is 5.69 Å². The molecule has 0 bridgehead atoms. The Morgan fingerprint density at radius 3 is 2.63 bits per heavy atom. The van der Waals surface area contributed by atoms with Gasteiger partial charge in [0.05, 0.1) is 6.61 Å². The fourth-order valence-electron chi connectivity index (χ4n) is 1.59. The quantitative estimate of drug-likeness (QED) is 0.807. The molecule has 0 fully saturated rings. The topological polar surface area (TPSA) is 52.3 Å². The minimum absolute atomic E-state index is 0.0433. The Kier molecular flexibility index (Phi) is 4.45. The van der Waals surface area contributed by atoms with E-state index in [1.807, 2.05) is 12.1 Å². The van der Waals surface area contributed by atoms with Crippen molar-refractivity contribution in [3.8, 4) is 0 Å². The maximum atomic E-state index is 11.7. The molecule has 0 saturated carbocycles. The predicted octanol–water partition coefficient (Wildman–Crippen LogP) is 3.75. The molecular weight excluding hydrogens is 289 g/mol. The van der Waals surface area contributed by atoms with Crippen molar-refractivity contribution in [3.63, 3.8) is 0 Å². The van der Waals surface area contributed by atoms with Crippen LogP contribution in [0.3, 0.4) is 0 Å².